The number of aliphatic imine (C=N–C) groups is 1. The second-order valence-corrected chi connectivity index (χ2v) is 7.08. The van der Waals surface area contributed by atoms with Gasteiger partial charge >= 0.3 is 0 Å². The van der Waals surface area contributed by atoms with Crippen molar-refractivity contribution in [1.29, 1.82) is 0 Å². The van der Waals surface area contributed by atoms with Gasteiger partial charge in [-0.2, -0.15) is 0 Å². The summed E-state index contributed by atoms with van der Waals surface area (Å²) in [6.07, 6.45) is 8.89. The van der Waals surface area contributed by atoms with Gasteiger partial charge in [-0.1, -0.05) is 45.1 Å². The Hall–Kier alpha value is -2.33. The van der Waals surface area contributed by atoms with E-state index in [1.54, 1.807) is 6.08 Å². The molecule has 1 aromatic rings. The molecule has 1 aliphatic rings. The Morgan fingerprint density at radius 1 is 1.27 bits per heavy atom. The van der Waals surface area contributed by atoms with Gasteiger partial charge in [0.1, 0.15) is 5.84 Å². The van der Waals surface area contributed by atoms with Crippen LogP contribution in [0, 0.1) is 5.92 Å². The molecular formula is C22H32N4. The number of hydrogen-bond acceptors (Lipinski definition) is 3. The van der Waals surface area contributed by atoms with E-state index < -0.39 is 0 Å². The highest BCUT2D eigenvalue weighted by Gasteiger charge is 2.20. The van der Waals surface area contributed by atoms with Crippen molar-refractivity contribution in [2.24, 2.45) is 22.4 Å². The van der Waals surface area contributed by atoms with E-state index in [4.69, 9.17) is 11.5 Å². The number of nitrogens with one attached hydrogen (secondary N) is 1. The van der Waals surface area contributed by atoms with Crippen LogP contribution < -0.4 is 16.8 Å². The summed E-state index contributed by atoms with van der Waals surface area (Å²) < 4.78 is 0. The molecule has 0 aromatic heterocycles. The zero-order valence-corrected chi connectivity index (χ0v) is 15.9. The number of amidine groups is 1. The second-order valence-electron chi connectivity index (χ2n) is 7.08. The maximum absolute atomic E-state index is 6.14. The summed E-state index contributed by atoms with van der Waals surface area (Å²) >= 11 is 0. The summed E-state index contributed by atoms with van der Waals surface area (Å²) in [6, 6.07) is 8.77. The highest BCUT2D eigenvalue weighted by Crippen LogP contribution is 2.26. The van der Waals surface area contributed by atoms with Crippen molar-refractivity contribution in [3.05, 3.63) is 66.3 Å². The average molecular weight is 353 g/mol. The van der Waals surface area contributed by atoms with Gasteiger partial charge in [0, 0.05) is 23.8 Å². The van der Waals surface area contributed by atoms with Crippen LogP contribution in [0.25, 0.3) is 0 Å². The third-order valence-corrected chi connectivity index (χ3v) is 4.99. The van der Waals surface area contributed by atoms with Crippen molar-refractivity contribution in [3.63, 3.8) is 0 Å². The van der Waals surface area contributed by atoms with Crippen LogP contribution in [-0.4, -0.2) is 25.0 Å². The molecule has 1 aliphatic carbocycles. The molecule has 0 radical (unpaired) electrons. The lowest BCUT2D eigenvalue weighted by Crippen LogP contribution is -2.30. The first kappa shape index (κ1) is 20.0. The molecule has 2 rings (SSSR count). The van der Waals surface area contributed by atoms with E-state index in [9.17, 15) is 0 Å². The van der Waals surface area contributed by atoms with Crippen molar-refractivity contribution in [2.45, 2.75) is 38.6 Å². The van der Waals surface area contributed by atoms with E-state index in [0.717, 1.165) is 28.3 Å². The standard InChI is InChI=1S/C22H32N4/c1-4-18(13-16(2)14-23)15-25-22(24)19-9-11-20(12-10-19)26-21-8-6-5-7-17(21)3/h4,9-13,17,21,26H,1-2,5-8,14-15,23H2,3H3,(H2,24,25)/b18-13+. The van der Waals surface area contributed by atoms with Crippen LogP contribution in [-0.2, 0) is 0 Å². The van der Waals surface area contributed by atoms with Crippen molar-refractivity contribution in [2.75, 3.05) is 18.4 Å². The Kier molecular flexibility index (Phi) is 7.67. The first-order chi connectivity index (χ1) is 12.5. The van der Waals surface area contributed by atoms with E-state index in [0.29, 0.717) is 25.0 Å². The van der Waals surface area contributed by atoms with Crippen LogP contribution in [0.4, 0.5) is 5.69 Å². The minimum absolute atomic E-state index is 0.421. The van der Waals surface area contributed by atoms with Gasteiger partial charge < -0.3 is 16.8 Å². The minimum atomic E-state index is 0.421. The SMILES string of the molecule is C=C/C(=C\C(=C)CN)CN=C(N)c1ccc(NC2CCCCC2C)cc1. The number of benzene rings is 1. The van der Waals surface area contributed by atoms with Crippen LogP contribution in [0.2, 0.25) is 0 Å². The summed E-state index contributed by atoms with van der Waals surface area (Å²) in [5.41, 5.74) is 15.6. The number of nitrogens with zero attached hydrogens (tertiary/aromatic N) is 1. The molecule has 0 amide bonds. The third kappa shape index (κ3) is 5.88. The zero-order chi connectivity index (χ0) is 18.9. The van der Waals surface area contributed by atoms with Crippen LogP contribution in [0.3, 0.4) is 0 Å². The van der Waals surface area contributed by atoms with Gasteiger partial charge in [-0.3, -0.25) is 4.99 Å². The van der Waals surface area contributed by atoms with Gasteiger partial charge in [-0.05, 0) is 54.2 Å². The Morgan fingerprint density at radius 3 is 2.58 bits per heavy atom. The molecule has 1 fully saturated rings. The molecule has 0 aliphatic heterocycles. The van der Waals surface area contributed by atoms with Crippen molar-refractivity contribution < 1.29 is 0 Å². The summed E-state index contributed by atoms with van der Waals surface area (Å²) in [7, 11) is 0. The Labute approximate surface area is 157 Å². The first-order valence-electron chi connectivity index (χ1n) is 9.41. The smallest absolute Gasteiger partial charge is 0.125 e. The molecule has 4 heteroatoms. The maximum Gasteiger partial charge on any atom is 0.125 e. The molecular weight excluding hydrogens is 320 g/mol. The minimum Gasteiger partial charge on any atom is -0.383 e. The third-order valence-electron chi connectivity index (χ3n) is 4.99. The average Bonchev–Trinajstić information content (AvgIpc) is 2.67. The Bertz CT molecular complexity index is 670. The van der Waals surface area contributed by atoms with Gasteiger partial charge in [0.15, 0.2) is 0 Å². The van der Waals surface area contributed by atoms with Crippen LogP contribution >= 0.6 is 0 Å². The van der Waals surface area contributed by atoms with Gasteiger partial charge in [0.2, 0.25) is 0 Å². The van der Waals surface area contributed by atoms with E-state index in [1.807, 2.05) is 18.2 Å². The van der Waals surface area contributed by atoms with E-state index in [-0.39, 0.29) is 0 Å². The number of hydrogen-bond donors (Lipinski definition) is 3. The van der Waals surface area contributed by atoms with Gasteiger partial charge in [-0.15, -0.1) is 0 Å². The Morgan fingerprint density at radius 2 is 1.96 bits per heavy atom. The molecule has 2 atom stereocenters. The fourth-order valence-corrected chi connectivity index (χ4v) is 3.24. The first-order valence-corrected chi connectivity index (χ1v) is 9.41. The van der Waals surface area contributed by atoms with E-state index in [2.05, 4.69) is 42.5 Å². The topological polar surface area (TPSA) is 76.4 Å². The van der Waals surface area contributed by atoms with E-state index >= 15 is 0 Å². The van der Waals surface area contributed by atoms with Crippen molar-refractivity contribution in [1.82, 2.24) is 0 Å². The van der Waals surface area contributed by atoms with Crippen molar-refractivity contribution in [3.8, 4) is 0 Å². The van der Waals surface area contributed by atoms with Gasteiger partial charge in [0.25, 0.3) is 0 Å². The molecule has 5 N–H and O–H groups in total. The lowest BCUT2D eigenvalue weighted by atomic mass is 9.86. The highest BCUT2D eigenvalue weighted by molar-refractivity contribution is 5.97. The fraction of sp³-hybridized carbons (Fsp3) is 0.409. The van der Waals surface area contributed by atoms with Crippen LogP contribution in [0.1, 0.15) is 38.2 Å². The fourth-order valence-electron chi connectivity index (χ4n) is 3.24. The summed E-state index contributed by atoms with van der Waals surface area (Å²) in [5, 5.41) is 3.66. The molecule has 0 spiro atoms. The molecule has 26 heavy (non-hydrogen) atoms. The molecule has 4 nitrogen and oxygen atoms in total. The number of rotatable bonds is 8. The molecule has 140 valence electrons. The summed E-state index contributed by atoms with van der Waals surface area (Å²) in [5.74, 6) is 1.25. The molecule has 1 aromatic carbocycles. The van der Waals surface area contributed by atoms with Gasteiger partial charge in [-0.25, -0.2) is 0 Å². The Balaban J connectivity index is 1.99. The summed E-state index contributed by atoms with van der Waals surface area (Å²) in [4.78, 5) is 4.46. The highest BCUT2D eigenvalue weighted by atomic mass is 14.9. The quantitative estimate of drug-likeness (QED) is 0.376. The number of nitrogens with two attached hydrogens (primary N) is 2. The van der Waals surface area contributed by atoms with Crippen LogP contribution in [0.5, 0.6) is 0 Å². The molecule has 0 heterocycles. The largest absolute Gasteiger partial charge is 0.383 e. The number of anilines is 1. The van der Waals surface area contributed by atoms with Gasteiger partial charge in [0.05, 0.1) is 6.54 Å². The zero-order valence-electron chi connectivity index (χ0n) is 15.9. The maximum atomic E-state index is 6.14. The molecule has 0 saturated heterocycles. The second kappa shape index (κ2) is 9.97. The predicted molar refractivity (Wildman–Crippen MR) is 114 cm³/mol. The van der Waals surface area contributed by atoms with Crippen molar-refractivity contribution >= 4 is 11.5 Å². The molecule has 0 bridgehead atoms. The predicted octanol–water partition coefficient (Wildman–Crippen LogP) is 4.01. The lowest BCUT2D eigenvalue weighted by Gasteiger charge is -2.30. The lowest BCUT2D eigenvalue weighted by molar-refractivity contribution is 0.349. The molecule has 1 saturated carbocycles. The monoisotopic (exact) mass is 352 g/mol. The normalized spacial score (nSPS) is 21.3. The van der Waals surface area contributed by atoms with Crippen LogP contribution in [0.15, 0.2) is 65.7 Å². The van der Waals surface area contributed by atoms with E-state index in [1.165, 1.54) is 25.7 Å². The summed E-state index contributed by atoms with van der Waals surface area (Å²) in [6.45, 7) is 10.9. The molecule has 2 unspecified atom stereocenters.